The van der Waals surface area contributed by atoms with Crippen molar-refractivity contribution in [2.75, 3.05) is 52.4 Å². The average Bonchev–Trinajstić information content (AvgIpc) is 3.20. The molecule has 0 saturated carbocycles. The molecule has 2 saturated heterocycles. The second-order valence-corrected chi connectivity index (χ2v) is 9.58. The van der Waals surface area contributed by atoms with Crippen LogP contribution in [0.15, 0.2) is 21.3 Å². The number of fused-ring (bicyclic) bond motifs is 1. The van der Waals surface area contributed by atoms with Gasteiger partial charge in [0.2, 0.25) is 5.91 Å². The monoisotopic (exact) mass is 472 g/mol. The summed E-state index contributed by atoms with van der Waals surface area (Å²) in [7, 11) is 0. The molecule has 1 amide bonds. The number of aromatic nitrogens is 1. The number of H-pyrrole nitrogens is 1. The predicted molar refractivity (Wildman–Crippen MR) is 129 cm³/mol. The molecule has 1 N–H and O–H groups in total. The Hall–Kier alpha value is -2.65. The molecule has 4 rings (SSSR count). The summed E-state index contributed by atoms with van der Waals surface area (Å²) in [5.41, 5.74) is 3.21. The summed E-state index contributed by atoms with van der Waals surface area (Å²) in [6, 6.07) is 4.39. The van der Waals surface area contributed by atoms with Crippen molar-refractivity contribution < 1.29 is 18.7 Å². The molecule has 2 aliphatic heterocycles. The molecule has 2 fully saturated rings. The number of likely N-dealkylation sites (tertiary alicyclic amines) is 1. The number of hydrogen-bond donors (Lipinski definition) is 1. The lowest BCUT2D eigenvalue weighted by Crippen LogP contribution is -2.55. The minimum Gasteiger partial charge on any atom is -0.465 e. The van der Waals surface area contributed by atoms with Gasteiger partial charge in [0, 0.05) is 51.2 Å². The molecule has 3 heterocycles. The average molecular weight is 473 g/mol. The number of oxazole rings is 1. The van der Waals surface area contributed by atoms with Crippen molar-refractivity contribution in [3.8, 4) is 0 Å². The number of hydrogen-bond acceptors (Lipinski definition) is 7. The van der Waals surface area contributed by atoms with Gasteiger partial charge in [0.1, 0.15) is 0 Å². The number of nitrogens with one attached hydrogen (secondary N) is 1. The number of amides is 1. The van der Waals surface area contributed by atoms with Gasteiger partial charge in [-0.15, -0.1) is 0 Å². The number of benzene rings is 1. The van der Waals surface area contributed by atoms with Crippen molar-refractivity contribution in [3.63, 3.8) is 0 Å². The van der Waals surface area contributed by atoms with Gasteiger partial charge < -0.3 is 14.1 Å². The Labute approximate surface area is 200 Å². The van der Waals surface area contributed by atoms with Crippen LogP contribution in [0, 0.1) is 12.8 Å². The molecule has 2 aromatic rings. The van der Waals surface area contributed by atoms with Crippen LogP contribution in [0.5, 0.6) is 0 Å². The normalized spacial score (nSPS) is 19.4. The van der Waals surface area contributed by atoms with E-state index >= 15 is 0 Å². The van der Waals surface area contributed by atoms with Gasteiger partial charge >= 0.3 is 11.7 Å². The van der Waals surface area contributed by atoms with Crippen molar-refractivity contribution in [2.45, 2.75) is 46.1 Å². The van der Waals surface area contributed by atoms with Crippen LogP contribution in [0.4, 0.5) is 0 Å². The van der Waals surface area contributed by atoms with Crippen LogP contribution in [-0.4, -0.2) is 90.0 Å². The van der Waals surface area contributed by atoms with Crippen molar-refractivity contribution in [1.29, 1.82) is 0 Å². The minimum absolute atomic E-state index is 0.139. The number of piperidine rings is 1. The van der Waals surface area contributed by atoms with Gasteiger partial charge in [-0.3, -0.25) is 24.4 Å². The van der Waals surface area contributed by atoms with Crippen LogP contribution in [0.2, 0.25) is 0 Å². The van der Waals surface area contributed by atoms with Gasteiger partial charge in [0.15, 0.2) is 5.58 Å². The van der Waals surface area contributed by atoms with Crippen molar-refractivity contribution in [2.24, 2.45) is 5.92 Å². The third kappa shape index (κ3) is 5.70. The van der Waals surface area contributed by atoms with Gasteiger partial charge in [-0.2, -0.15) is 0 Å². The highest BCUT2D eigenvalue weighted by Gasteiger charge is 2.30. The number of rotatable bonds is 7. The maximum absolute atomic E-state index is 13.1. The SMILES string of the molecule is CCOC(=O)CN1CCC(N2CCN(C(=O)[C@H](C)Cc3cc(C)c4[nH]c(=O)oc4c3)CC2)CC1. The standard InChI is InChI=1S/C25H36N4O5/c1-4-33-22(30)16-27-7-5-20(6-8-27)28-9-11-29(12-10-28)24(31)18(3)14-19-13-17(2)23-21(15-19)34-25(32)26-23/h13,15,18,20H,4-12,14,16H2,1-3H3,(H,26,32)/t18-/m1/s1. The van der Waals surface area contributed by atoms with Crippen LogP contribution in [0.3, 0.4) is 0 Å². The number of aryl methyl sites for hydroxylation is 1. The number of carbonyl (C=O) groups is 2. The van der Waals surface area contributed by atoms with Crippen LogP contribution >= 0.6 is 0 Å². The van der Waals surface area contributed by atoms with Crippen molar-refractivity contribution in [1.82, 2.24) is 19.7 Å². The number of aromatic amines is 1. The molecule has 0 radical (unpaired) electrons. The molecule has 1 aromatic carbocycles. The summed E-state index contributed by atoms with van der Waals surface area (Å²) >= 11 is 0. The van der Waals surface area contributed by atoms with Crippen molar-refractivity contribution >= 4 is 23.0 Å². The molecule has 34 heavy (non-hydrogen) atoms. The summed E-state index contributed by atoms with van der Waals surface area (Å²) in [5, 5.41) is 0. The molecule has 186 valence electrons. The first-order valence-corrected chi connectivity index (χ1v) is 12.4. The highest BCUT2D eigenvalue weighted by Crippen LogP contribution is 2.22. The van der Waals surface area contributed by atoms with E-state index in [1.54, 1.807) is 0 Å². The molecular weight excluding hydrogens is 436 g/mol. The van der Waals surface area contributed by atoms with E-state index in [1.807, 2.05) is 37.8 Å². The zero-order valence-electron chi connectivity index (χ0n) is 20.5. The maximum Gasteiger partial charge on any atom is 0.417 e. The maximum atomic E-state index is 13.1. The van der Waals surface area contributed by atoms with Gasteiger partial charge in [0.25, 0.3) is 0 Å². The molecule has 0 aliphatic carbocycles. The predicted octanol–water partition coefficient (Wildman–Crippen LogP) is 1.78. The van der Waals surface area contributed by atoms with Crippen LogP contribution < -0.4 is 5.76 Å². The summed E-state index contributed by atoms with van der Waals surface area (Å²) in [6.45, 7) is 11.6. The lowest BCUT2D eigenvalue weighted by molar-refractivity contribution is -0.144. The van der Waals surface area contributed by atoms with Crippen LogP contribution in [0.1, 0.15) is 37.8 Å². The molecule has 1 atom stereocenters. The Kier molecular flexibility index (Phi) is 7.73. The second kappa shape index (κ2) is 10.7. The van der Waals surface area contributed by atoms with Gasteiger partial charge in [0.05, 0.1) is 18.7 Å². The summed E-state index contributed by atoms with van der Waals surface area (Å²) in [5.74, 6) is -0.561. The van der Waals surface area contributed by atoms with E-state index < -0.39 is 5.76 Å². The molecular formula is C25H36N4O5. The second-order valence-electron chi connectivity index (χ2n) is 9.58. The third-order valence-electron chi connectivity index (χ3n) is 7.11. The number of esters is 1. The Morgan fingerprint density at radius 2 is 1.85 bits per heavy atom. The smallest absolute Gasteiger partial charge is 0.417 e. The number of piperazine rings is 1. The molecule has 2 aliphatic rings. The minimum atomic E-state index is -0.457. The van der Waals surface area contributed by atoms with E-state index in [0.717, 1.165) is 68.8 Å². The molecule has 9 heteroatoms. The topological polar surface area (TPSA) is 99.1 Å². The molecule has 0 unspecified atom stereocenters. The fourth-order valence-electron chi connectivity index (χ4n) is 5.30. The number of nitrogens with zero attached hydrogens (tertiary/aromatic N) is 3. The van der Waals surface area contributed by atoms with E-state index in [2.05, 4.69) is 14.8 Å². The number of ether oxygens (including phenoxy) is 1. The Morgan fingerprint density at radius 1 is 1.15 bits per heavy atom. The lowest BCUT2D eigenvalue weighted by Gasteiger charge is -2.43. The summed E-state index contributed by atoms with van der Waals surface area (Å²) in [4.78, 5) is 45.7. The Morgan fingerprint density at radius 3 is 2.53 bits per heavy atom. The first-order chi connectivity index (χ1) is 16.3. The molecule has 1 aromatic heterocycles. The van der Waals surface area contributed by atoms with Crippen LogP contribution in [0.25, 0.3) is 11.1 Å². The quantitative estimate of drug-likeness (QED) is 0.613. The van der Waals surface area contributed by atoms with Crippen LogP contribution in [-0.2, 0) is 20.7 Å². The fraction of sp³-hybridized carbons (Fsp3) is 0.640. The fourth-order valence-corrected chi connectivity index (χ4v) is 5.30. The highest BCUT2D eigenvalue weighted by molar-refractivity contribution is 5.80. The van der Waals surface area contributed by atoms with E-state index in [1.165, 1.54) is 0 Å². The van der Waals surface area contributed by atoms with Gasteiger partial charge in [-0.1, -0.05) is 13.0 Å². The van der Waals surface area contributed by atoms with Gasteiger partial charge in [-0.05, 0) is 50.3 Å². The van der Waals surface area contributed by atoms with E-state index in [4.69, 9.17) is 9.15 Å². The van der Waals surface area contributed by atoms with E-state index in [9.17, 15) is 14.4 Å². The highest BCUT2D eigenvalue weighted by atomic mass is 16.5. The van der Waals surface area contributed by atoms with Gasteiger partial charge in [-0.25, -0.2) is 4.79 Å². The summed E-state index contributed by atoms with van der Waals surface area (Å²) < 4.78 is 10.3. The Balaban J connectivity index is 1.24. The first-order valence-electron chi connectivity index (χ1n) is 12.4. The molecule has 0 bridgehead atoms. The van der Waals surface area contributed by atoms with Crippen molar-refractivity contribution in [3.05, 3.63) is 33.8 Å². The Bertz CT molecular complexity index is 1060. The third-order valence-corrected chi connectivity index (χ3v) is 7.11. The lowest BCUT2D eigenvalue weighted by atomic mass is 9.97. The number of carbonyl (C=O) groups excluding carboxylic acids is 2. The van der Waals surface area contributed by atoms with E-state index in [0.29, 0.717) is 31.2 Å². The molecule has 0 spiro atoms. The zero-order chi connectivity index (χ0) is 24.2. The largest absolute Gasteiger partial charge is 0.465 e. The molecule has 9 nitrogen and oxygen atoms in total. The first kappa shape index (κ1) is 24.5. The zero-order valence-corrected chi connectivity index (χ0v) is 20.5. The summed E-state index contributed by atoms with van der Waals surface area (Å²) in [6.07, 6.45) is 2.70. The van der Waals surface area contributed by atoms with E-state index in [-0.39, 0.29) is 17.8 Å².